The van der Waals surface area contributed by atoms with Crippen LogP contribution in [0.1, 0.15) is 18.8 Å². The summed E-state index contributed by atoms with van der Waals surface area (Å²) in [6, 6.07) is 6.19. The van der Waals surface area contributed by atoms with E-state index in [4.69, 9.17) is 9.47 Å². The van der Waals surface area contributed by atoms with Crippen molar-refractivity contribution in [3.63, 3.8) is 0 Å². The molecule has 10 heteroatoms. The lowest BCUT2D eigenvalue weighted by atomic mass is 10.2. The van der Waals surface area contributed by atoms with E-state index in [2.05, 4.69) is 10.3 Å². The first-order valence-electron chi connectivity index (χ1n) is 9.04. The molecule has 0 amide bonds. The maximum atomic E-state index is 13.2. The molecule has 8 nitrogen and oxygen atoms in total. The number of sulfonamides is 1. The van der Waals surface area contributed by atoms with Gasteiger partial charge in [0.1, 0.15) is 18.2 Å². The SMILES string of the molecule is CCOCCOc1ccc(S(=O)(=O)N2CCNCC2c2nccn2C)cc1.Cl. The summed E-state index contributed by atoms with van der Waals surface area (Å²) in [5.41, 5.74) is 0. The van der Waals surface area contributed by atoms with Crippen molar-refractivity contribution in [2.75, 3.05) is 39.5 Å². The largest absolute Gasteiger partial charge is 0.491 e. The monoisotopic (exact) mass is 430 g/mol. The van der Waals surface area contributed by atoms with E-state index in [-0.39, 0.29) is 23.3 Å². The van der Waals surface area contributed by atoms with E-state index in [9.17, 15) is 8.42 Å². The number of aromatic nitrogens is 2. The van der Waals surface area contributed by atoms with Crippen molar-refractivity contribution >= 4 is 22.4 Å². The second-order valence-corrected chi connectivity index (χ2v) is 8.14. The number of rotatable bonds is 8. The minimum Gasteiger partial charge on any atom is -0.491 e. The van der Waals surface area contributed by atoms with Gasteiger partial charge in [0, 0.05) is 45.7 Å². The van der Waals surface area contributed by atoms with Crippen LogP contribution in [0.2, 0.25) is 0 Å². The predicted octanol–water partition coefficient (Wildman–Crippen LogP) is 1.59. The van der Waals surface area contributed by atoms with Gasteiger partial charge in [-0.3, -0.25) is 0 Å². The Morgan fingerprint density at radius 2 is 2.00 bits per heavy atom. The van der Waals surface area contributed by atoms with Crippen molar-refractivity contribution in [2.45, 2.75) is 17.9 Å². The average molecular weight is 431 g/mol. The minimum absolute atomic E-state index is 0. The maximum Gasteiger partial charge on any atom is 0.243 e. The van der Waals surface area contributed by atoms with Gasteiger partial charge in [-0.2, -0.15) is 4.31 Å². The van der Waals surface area contributed by atoms with Crippen molar-refractivity contribution in [2.24, 2.45) is 7.05 Å². The van der Waals surface area contributed by atoms with E-state index in [1.54, 1.807) is 30.5 Å². The smallest absolute Gasteiger partial charge is 0.243 e. The molecule has 2 heterocycles. The topological polar surface area (TPSA) is 85.7 Å². The molecule has 1 atom stereocenters. The molecule has 1 N–H and O–H groups in total. The number of aryl methyl sites for hydroxylation is 1. The van der Waals surface area contributed by atoms with Crippen molar-refractivity contribution < 1.29 is 17.9 Å². The molecule has 2 aromatic rings. The third kappa shape index (κ3) is 5.03. The zero-order chi connectivity index (χ0) is 19.3. The van der Waals surface area contributed by atoms with Gasteiger partial charge >= 0.3 is 0 Å². The molecule has 1 aliphatic rings. The highest BCUT2D eigenvalue weighted by Gasteiger charge is 2.36. The number of imidazole rings is 1. The molecule has 0 saturated carbocycles. The summed E-state index contributed by atoms with van der Waals surface area (Å²) in [6.07, 6.45) is 3.51. The van der Waals surface area contributed by atoms with Crippen LogP contribution < -0.4 is 10.1 Å². The van der Waals surface area contributed by atoms with E-state index in [0.717, 1.165) is 5.82 Å². The van der Waals surface area contributed by atoms with Gasteiger partial charge in [0.2, 0.25) is 10.0 Å². The van der Waals surface area contributed by atoms with Crippen molar-refractivity contribution in [1.82, 2.24) is 19.2 Å². The van der Waals surface area contributed by atoms with E-state index in [1.807, 2.05) is 24.7 Å². The van der Waals surface area contributed by atoms with Gasteiger partial charge < -0.3 is 19.4 Å². The molecule has 28 heavy (non-hydrogen) atoms. The number of nitrogens with zero attached hydrogens (tertiary/aromatic N) is 3. The number of nitrogens with one attached hydrogen (secondary N) is 1. The molecule has 1 aliphatic heterocycles. The van der Waals surface area contributed by atoms with Gasteiger partial charge in [0.05, 0.1) is 17.5 Å². The first kappa shape index (κ1) is 22.6. The summed E-state index contributed by atoms with van der Waals surface area (Å²) < 4.78 is 40.6. The van der Waals surface area contributed by atoms with Gasteiger partial charge in [-0.1, -0.05) is 0 Å². The molecular weight excluding hydrogens is 404 g/mol. The quantitative estimate of drug-likeness (QED) is 0.640. The average Bonchev–Trinajstić information content (AvgIpc) is 3.11. The van der Waals surface area contributed by atoms with Crippen LogP contribution in [0, 0.1) is 0 Å². The van der Waals surface area contributed by atoms with Crippen molar-refractivity contribution in [3.05, 3.63) is 42.5 Å². The first-order chi connectivity index (χ1) is 13.0. The molecule has 0 aliphatic carbocycles. The van der Waals surface area contributed by atoms with Gasteiger partial charge in [-0.05, 0) is 31.2 Å². The van der Waals surface area contributed by atoms with Crippen LogP contribution >= 0.6 is 12.4 Å². The summed E-state index contributed by atoms with van der Waals surface area (Å²) in [7, 11) is -1.77. The number of ether oxygens (including phenoxy) is 2. The second-order valence-electron chi connectivity index (χ2n) is 6.25. The fourth-order valence-corrected chi connectivity index (χ4v) is 4.68. The normalized spacial score (nSPS) is 17.9. The van der Waals surface area contributed by atoms with Gasteiger partial charge in [-0.25, -0.2) is 13.4 Å². The van der Waals surface area contributed by atoms with Gasteiger partial charge in [0.15, 0.2) is 0 Å². The zero-order valence-corrected chi connectivity index (χ0v) is 17.7. The van der Waals surface area contributed by atoms with Crippen LogP contribution in [0.15, 0.2) is 41.6 Å². The Hall–Kier alpha value is -1.65. The predicted molar refractivity (Wildman–Crippen MR) is 108 cm³/mol. The van der Waals surface area contributed by atoms with Crippen molar-refractivity contribution in [3.8, 4) is 5.75 Å². The molecule has 1 aromatic heterocycles. The Kier molecular flexibility index (Phi) is 8.26. The molecule has 1 saturated heterocycles. The highest BCUT2D eigenvalue weighted by atomic mass is 35.5. The fourth-order valence-electron chi connectivity index (χ4n) is 3.10. The Morgan fingerprint density at radius 1 is 1.25 bits per heavy atom. The Balaban J connectivity index is 0.00000280. The summed E-state index contributed by atoms with van der Waals surface area (Å²) >= 11 is 0. The molecule has 1 fully saturated rings. The molecule has 0 spiro atoms. The molecule has 0 radical (unpaired) electrons. The van der Waals surface area contributed by atoms with Crippen LogP contribution in [0.3, 0.4) is 0 Å². The molecule has 3 rings (SSSR count). The summed E-state index contributed by atoms with van der Waals surface area (Å²) in [5.74, 6) is 1.34. The number of hydrogen-bond donors (Lipinski definition) is 1. The summed E-state index contributed by atoms with van der Waals surface area (Å²) in [6.45, 7) is 5.03. The van der Waals surface area contributed by atoms with Gasteiger partial charge in [-0.15, -0.1) is 12.4 Å². The summed E-state index contributed by atoms with van der Waals surface area (Å²) in [5, 5.41) is 3.26. The first-order valence-corrected chi connectivity index (χ1v) is 10.5. The zero-order valence-electron chi connectivity index (χ0n) is 16.1. The lowest BCUT2D eigenvalue weighted by Crippen LogP contribution is -2.49. The lowest BCUT2D eigenvalue weighted by molar-refractivity contribution is 0.110. The number of benzene rings is 1. The van der Waals surface area contributed by atoms with Crippen LogP contribution in [-0.2, 0) is 21.8 Å². The Bertz CT molecular complexity index is 842. The number of halogens is 1. The highest BCUT2D eigenvalue weighted by Crippen LogP contribution is 2.28. The van der Waals surface area contributed by atoms with Crippen LogP contribution in [0.5, 0.6) is 5.75 Å². The van der Waals surface area contributed by atoms with Crippen molar-refractivity contribution in [1.29, 1.82) is 0 Å². The molecule has 1 unspecified atom stereocenters. The number of hydrogen-bond acceptors (Lipinski definition) is 6. The van der Waals surface area contributed by atoms with Crippen LogP contribution in [0.25, 0.3) is 0 Å². The Labute approximate surface area is 172 Å². The molecular formula is C18H27ClN4O4S. The molecule has 0 bridgehead atoms. The number of piperazine rings is 1. The Morgan fingerprint density at radius 3 is 2.64 bits per heavy atom. The third-order valence-corrected chi connectivity index (χ3v) is 6.40. The van der Waals surface area contributed by atoms with Crippen LogP contribution in [-0.4, -0.2) is 61.7 Å². The lowest BCUT2D eigenvalue weighted by Gasteiger charge is -2.34. The maximum absolute atomic E-state index is 13.2. The van der Waals surface area contributed by atoms with Gasteiger partial charge in [0.25, 0.3) is 0 Å². The standard InChI is InChI=1S/C18H26N4O4S.ClH/c1-3-25-12-13-26-15-4-6-16(7-5-15)27(23,24)22-11-8-19-14-17(22)18-20-9-10-21(18)2;/h4-7,9-10,17,19H,3,8,11-14H2,1-2H3;1H. The fraction of sp³-hybridized carbons (Fsp3) is 0.500. The summed E-state index contributed by atoms with van der Waals surface area (Å²) in [4.78, 5) is 4.60. The third-order valence-electron chi connectivity index (χ3n) is 4.48. The second kappa shape index (κ2) is 10.2. The van der Waals surface area contributed by atoms with E-state index < -0.39 is 10.0 Å². The highest BCUT2D eigenvalue weighted by molar-refractivity contribution is 7.89. The van der Waals surface area contributed by atoms with E-state index in [1.165, 1.54) is 4.31 Å². The molecule has 1 aromatic carbocycles. The molecule has 156 valence electrons. The van der Waals surface area contributed by atoms with Crippen LogP contribution in [0.4, 0.5) is 0 Å². The minimum atomic E-state index is -3.64. The van der Waals surface area contributed by atoms with E-state index >= 15 is 0 Å². The van der Waals surface area contributed by atoms with E-state index in [0.29, 0.717) is 45.2 Å².